The lowest BCUT2D eigenvalue weighted by Crippen LogP contribution is -2.58. The fourth-order valence-corrected chi connectivity index (χ4v) is 3.62. The Morgan fingerprint density at radius 2 is 1.85 bits per heavy atom. The molecule has 1 aromatic heterocycles. The normalized spacial score (nSPS) is 24.9. The second-order valence-corrected chi connectivity index (χ2v) is 7.46. The number of sulfonamides is 1. The van der Waals surface area contributed by atoms with Gasteiger partial charge in [0, 0.05) is 25.2 Å². The number of hydrogen-bond acceptors (Lipinski definition) is 6. The summed E-state index contributed by atoms with van der Waals surface area (Å²) in [7, 11) is -3.20. The van der Waals surface area contributed by atoms with Crippen molar-refractivity contribution in [2.24, 2.45) is 0 Å². The maximum atomic E-state index is 11.7. The Labute approximate surface area is 124 Å². The molecule has 0 radical (unpaired) electrons. The van der Waals surface area contributed by atoms with Crippen molar-refractivity contribution < 1.29 is 8.42 Å². The van der Waals surface area contributed by atoms with Crippen LogP contribution in [0.25, 0.3) is 0 Å². The van der Waals surface area contributed by atoms with E-state index in [1.807, 2.05) is 18.7 Å². The van der Waals surface area contributed by atoms with Gasteiger partial charge in [0.05, 0.1) is 11.9 Å². The second kappa shape index (κ2) is 5.42. The third-order valence-electron chi connectivity index (χ3n) is 3.41. The highest BCUT2D eigenvalue weighted by atomic mass is 35.5. The fraction of sp³-hybridized carbons (Fsp3) is 0.727. The Morgan fingerprint density at radius 3 is 2.40 bits per heavy atom. The minimum Gasteiger partial charge on any atom is -0.334 e. The molecule has 1 aliphatic heterocycles. The van der Waals surface area contributed by atoms with Crippen molar-refractivity contribution in [1.82, 2.24) is 19.5 Å². The van der Waals surface area contributed by atoms with Crippen LogP contribution < -0.4 is 4.90 Å². The number of rotatable bonds is 2. The van der Waals surface area contributed by atoms with Crippen molar-refractivity contribution in [3.63, 3.8) is 0 Å². The Bertz CT molecular complexity index is 609. The molecule has 0 bridgehead atoms. The first-order valence-corrected chi connectivity index (χ1v) is 8.53. The van der Waals surface area contributed by atoms with Crippen molar-refractivity contribution in [2.75, 3.05) is 24.2 Å². The highest BCUT2D eigenvalue weighted by Crippen LogP contribution is 2.22. The maximum Gasteiger partial charge on any atom is 0.246 e. The molecule has 0 saturated carbocycles. The van der Waals surface area contributed by atoms with Crippen LogP contribution in [0, 0.1) is 6.92 Å². The molecule has 0 unspecified atom stereocenters. The van der Waals surface area contributed by atoms with Crippen LogP contribution in [0.5, 0.6) is 0 Å². The Balaban J connectivity index is 2.26. The minimum atomic E-state index is -3.20. The number of hydrogen-bond donors (Lipinski definition) is 0. The molecule has 112 valence electrons. The molecular formula is C11H18ClN5O2S. The third kappa shape index (κ3) is 3.02. The summed E-state index contributed by atoms with van der Waals surface area (Å²) < 4.78 is 25.0. The van der Waals surface area contributed by atoms with Crippen molar-refractivity contribution in [3.8, 4) is 0 Å². The van der Waals surface area contributed by atoms with E-state index in [1.54, 1.807) is 6.92 Å². The van der Waals surface area contributed by atoms with Gasteiger partial charge < -0.3 is 4.90 Å². The standard InChI is InChI=1S/C11H18ClN5O2S/c1-7-6-17(20(4,18)19)8(2)5-16(7)11-13-9(3)10(12)14-15-11/h7-8H,5-6H2,1-4H3/t7-,8+/m1/s1. The molecule has 0 aromatic carbocycles. The predicted octanol–water partition coefficient (Wildman–Crippen LogP) is 0.692. The van der Waals surface area contributed by atoms with Crippen molar-refractivity contribution >= 4 is 27.6 Å². The van der Waals surface area contributed by atoms with E-state index in [-0.39, 0.29) is 17.2 Å². The molecule has 9 heteroatoms. The third-order valence-corrected chi connectivity index (χ3v) is 5.12. The molecule has 0 amide bonds. The van der Waals surface area contributed by atoms with Crippen molar-refractivity contribution in [2.45, 2.75) is 32.9 Å². The Hall–Kier alpha value is -0.990. The van der Waals surface area contributed by atoms with E-state index in [1.165, 1.54) is 10.6 Å². The molecule has 0 aliphatic carbocycles. The quantitative estimate of drug-likeness (QED) is 0.798. The summed E-state index contributed by atoms with van der Waals surface area (Å²) in [6.45, 7) is 6.51. The number of halogens is 1. The molecule has 2 atom stereocenters. The van der Waals surface area contributed by atoms with Crippen LogP contribution >= 0.6 is 11.6 Å². The monoisotopic (exact) mass is 319 g/mol. The Morgan fingerprint density at radius 1 is 1.20 bits per heavy atom. The molecule has 7 nitrogen and oxygen atoms in total. The Kier molecular flexibility index (Phi) is 4.17. The van der Waals surface area contributed by atoms with Gasteiger partial charge in [0.2, 0.25) is 16.0 Å². The average molecular weight is 320 g/mol. The van der Waals surface area contributed by atoms with Gasteiger partial charge in [-0.3, -0.25) is 0 Å². The van der Waals surface area contributed by atoms with E-state index in [2.05, 4.69) is 15.2 Å². The SMILES string of the molecule is Cc1nc(N2C[C@H](C)N(S(C)(=O)=O)C[C@H]2C)nnc1Cl. The van der Waals surface area contributed by atoms with Gasteiger partial charge in [-0.2, -0.15) is 4.31 Å². The summed E-state index contributed by atoms with van der Waals surface area (Å²) in [5.74, 6) is 0.486. The first kappa shape index (κ1) is 15.4. The van der Waals surface area contributed by atoms with E-state index in [9.17, 15) is 8.42 Å². The summed E-state index contributed by atoms with van der Waals surface area (Å²) in [5, 5.41) is 8.14. The first-order valence-electron chi connectivity index (χ1n) is 6.30. The van der Waals surface area contributed by atoms with E-state index >= 15 is 0 Å². The summed E-state index contributed by atoms with van der Waals surface area (Å²) in [6, 6.07) is -0.163. The van der Waals surface area contributed by atoms with E-state index in [4.69, 9.17) is 11.6 Å². The minimum absolute atomic E-state index is 0.0247. The molecule has 2 heterocycles. The maximum absolute atomic E-state index is 11.7. The van der Waals surface area contributed by atoms with Crippen LogP contribution in [-0.4, -0.2) is 59.3 Å². The van der Waals surface area contributed by atoms with Gasteiger partial charge in [0.25, 0.3) is 0 Å². The second-order valence-electron chi connectivity index (χ2n) is 5.17. The van der Waals surface area contributed by atoms with Gasteiger partial charge in [-0.1, -0.05) is 11.6 Å². The van der Waals surface area contributed by atoms with Crippen molar-refractivity contribution in [1.29, 1.82) is 0 Å². The van der Waals surface area contributed by atoms with Crippen LogP contribution in [0.3, 0.4) is 0 Å². The van der Waals surface area contributed by atoms with Gasteiger partial charge in [0.15, 0.2) is 5.15 Å². The molecule has 1 aromatic rings. The van der Waals surface area contributed by atoms with E-state index < -0.39 is 10.0 Å². The van der Waals surface area contributed by atoms with E-state index in [0.717, 1.165) is 0 Å². The topological polar surface area (TPSA) is 79.3 Å². The fourth-order valence-electron chi connectivity index (χ4n) is 2.34. The molecule has 1 saturated heterocycles. The number of aromatic nitrogens is 3. The van der Waals surface area contributed by atoms with Gasteiger partial charge in [-0.25, -0.2) is 13.4 Å². The van der Waals surface area contributed by atoms with Crippen molar-refractivity contribution in [3.05, 3.63) is 10.8 Å². The van der Waals surface area contributed by atoms with Crippen LogP contribution in [-0.2, 0) is 10.0 Å². The zero-order chi connectivity index (χ0) is 15.1. The van der Waals surface area contributed by atoms with E-state index in [0.29, 0.717) is 24.7 Å². The lowest BCUT2D eigenvalue weighted by atomic mass is 10.1. The molecule has 0 spiro atoms. The highest BCUT2D eigenvalue weighted by Gasteiger charge is 2.35. The molecule has 20 heavy (non-hydrogen) atoms. The van der Waals surface area contributed by atoms with Crippen LogP contribution in [0.1, 0.15) is 19.5 Å². The molecule has 0 N–H and O–H groups in total. The molecule has 2 rings (SSSR count). The van der Waals surface area contributed by atoms with Gasteiger partial charge in [0.1, 0.15) is 0 Å². The van der Waals surface area contributed by atoms with Crippen LogP contribution in [0.2, 0.25) is 5.15 Å². The zero-order valence-electron chi connectivity index (χ0n) is 11.9. The van der Waals surface area contributed by atoms with Gasteiger partial charge in [-0.15, -0.1) is 10.2 Å². The highest BCUT2D eigenvalue weighted by molar-refractivity contribution is 7.88. The van der Waals surface area contributed by atoms with Crippen LogP contribution in [0.15, 0.2) is 0 Å². The van der Waals surface area contributed by atoms with Crippen LogP contribution in [0.4, 0.5) is 5.95 Å². The first-order chi connectivity index (χ1) is 9.20. The summed E-state index contributed by atoms with van der Waals surface area (Å²) >= 11 is 5.83. The molecule has 1 aliphatic rings. The largest absolute Gasteiger partial charge is 0.334 e. The summed E-state index contributed by atoms with van der Waals surface area (Å²) in [6.07, 6.45) is 1.23. The summed E-state index contributed by atoms with van der Waals surface area (Å²) in [5.41, 5.74) is 0.613. The molecule has 1 fully saturated rings. The van der Waals surface area contributed by atoms with Gasteiger partial charge >= 0.3 is 0 Å². The lowest BCUT2D eigenvalue weighted by molar-refractivity contribution is 0.272. The smallest absolute Gasteiger partial charge is 0.246 e. The number of anilines is 1. The molecular weight excluding hydrogens is 302 g/mol. The average Bonchev–Trinajstić information content (AvgIpc) is 2.34. The number of nitrogens with zero attached hydrogens (tertiary/aromatic N) is 5. The summed E-state index contributed by atoms with van der Waals surface area (Å²) in [4.78, 5) is 6.28. The van der Waals surface area contributed by atoms with Gasteiger partial charge in [-0.05, 0) is 20.8 Å². The zero-order valence-corrected chi connectivity index (χ0v) is 13.5. The number of piperazine rings is 1. The number of aryl methyl sites for hydroxylation is 1. The predicted molar refractivity (Wildman–Crippen MR) is 77.4 cm³/mol. The lowest BCUT2D eigenvalue weighted by Gasteiger charge is -2.42.